The third-order valence-corrected chi connectivity index (χ3v) is 4.05. The molecule has 0 aliphatic carbocycles. The quantitative estimate of drug-likeness (QED) is 0.605. The Hall–Kier alpha value is -1.43. The average molecular weight is 370 g/mol. The summed E-state index contributed by atoms with van der Waals surface area (Å²) in [5.41, 5.74) is 1.71. The lowest BCUT2D eigenvalue weighted by molar-refractivity contribution is -0.385. The van der Waals surface area contributed by atoms with Gasteiger partial charge < -0.3 is 5.32 Å². The maximum absolute atomic E-state index is 11.1. The van der Waals surface area contributed by atoms with Crippen molar-refractivity contribution in [2.45, 2.75) is 19.5 Å². The highest BCUT2D eigenvalue weighted by Crippen LogP contribution is 2.26. The second-order valence-electron chi connectivity index (χ2n) is 4.65. The summed E-state index contributed by atoms with van der Waals surface area (Å²) >= 11 is 9.40. The van der Waals surface area contributed by atoms with Crippen LogP contribution in [-0.4, -0.2) is 4.92 Å². The maximum Gasteiger partial charge on any atom is 0.275 e. The first kappa shape index (κ1) is 15.9. The maximum atomic E-state index is 11.1. The molecule has 0 aromatic heterocycles. The lowest BCUT2D eigenvalue weighted by atomic mass is 10.1. The van der Waals surface area contributed by atoms with E-state index in [0.29, 0.717) is 21.6 Å². The number of benzene rings is 2. The average Bonchev–Trinajstić information content (AvgIpc) is 2.46. The van der Waals surface area contributed by atoms with Crippen molar-refractivity contribution in [2.75, 3.05) is 0 Å². The summed E-state index contributed by atoms with van der Waals surface area (Å²) in [6.45, 7) is 2.38. The molecule has 0 saturated carbocycles. The Morgan fingerprint density at radius 2 is 2.05 bits per heavy atom. The van der Waals surface area contributed by atoms with Crippen LogP contribution in [0.25, 0.3) is 0 Å². The molecule has 1 N–H and O–H groups in total. The van der Waals surface area contributed by atoms with Crippen LogP contribution in [0.4, 0.5) is 5.69 Å². The Labute approximate surface area is 136 Å². The first-order valence-corrected chi connectivity index (χ1v) is 7.56. The van der Waals surface area contributed by atoms with Gasteiger partial charge in [-0.1, -0.05) is 45.7 Å². The summed E-state index contributed by atoms with van der Waals surface area (Å²) in [7, 11) is 0. The third kappa shape index (κ3) is 4.03. The van der Waals surface area contributed by atoms with Crippen molar-refractivity contribution >= 4 is 33.2 Å². The molecule has 2 aromatic rings. The van der Waals surface area contributed by atoms with Crippen LogP contribution in [0.3, 0.4) is 0 Å². The molecule has 0 saturated heterocycles. The van der Waals surface area contributed by atoms with Gasteiger partial charge in [0.25, 0.3) is 5.69 Å². The number of rotatable bonds is 5. The monoisotopic (exact) mass is 368 g/mol. The van der Waals surface area contributed by atoms with Crippen molar-refractivity contribution in [3.05, 3.63) is 73.2 Å². The highest BCUT2D eigenvalue weighted by atomic mass is 79.9. The summed E-state index contributed by atoms with van der Waals surface area (Å²) in [6, 6.07) is 12.6. The van der Waals surface area contributed by atoms with Gasteiger partial charge in [-0.2, -0.15) is 0 Å². The van der Waals surface area contributed by atoms with Crippen LogP contribution in [0.5, 0.6) is 0 Å². The molecule has 21 heavy (non-hydrogen) atoms. The summed E-state index contributed by atoms with van der Waals surface area (Å²) in [5.74, 6) is 0. The van der Waals surface area contributed by atoms with E-state index in [-0.39, 0.29) is 16.7 Å². The van der Waals surface area contributed by atoms with E-state index in [1.54, 1.807) is 12.1 Å². The van der Waals surface area contributed by atoms with Gasteiger partial charge in [-0.25, -0.2) is 0 Å². The fraction of sp³-hybridized carbons (Fsp3) is 0.200. The molecular weight excluding hydrogens is 356 g/mol. The first-order chi connectivity index (χ1) is 9.99. The fourth-order valence-electron chi connectivity index (χ4n) is 2.06. The van der Waals surface area contributed by atoms with E-state index in [1.165, 1.54) is 6.07 Å². The molecule has 6 heteroatoms. The van der Waals surface area contributed by atoms with Gasteiger partial charge >= 0.3 is 0 Å². The second kappa shape index (κ2) is 7.02. The molecule has 0 heterocycles. The number of nitrogens with zero attached hydrogens (tertiary/aromatic N) is 1. The minimum absolute atomic E-state index is 0.00181. The van der Waals surface area contributed by atoms with E-state index in [2.05, 4.69) is 21.2 Å². The highest BCUT2D eigenvalue weighted by Gasteiger charge is 2.15. The van der Waals surface area contributed by atoms with E-state index in [4.69, 9.17) is 11.6 Å². The third-order valence-electron chi connectivity index (χ3n) is 3.21. The number of nitro groups is 1. The zero-order valence-electron chi connectivity index (χ0n) is 11.3. The summed E-state index contributed by atoms with van der Waals surface area (Å²) in [5, 5.41) is 15.0. The summed E-state index contributed by atoms with van der Waals surface area (Å²) in [4.78, 5) is 10.7. The van der Waals surface area contributed by atoms with Gasteiger partial charge in [-0.15, -0.1) is 0 Å². The molecule has 0 aliphatic heterocycles. The van der Waals surface area contributed by atoms with Gasteiger partial charge in [0.2, 0.25) is 0 Å². The molecule has 2 aromatic carbocycles. The highest BCUT2D eigenvalue weighted by molar-refractivity contribution is 9.10. The van der Waals surface area contributed by atoms with E-state index < -0.39 is 0 Å². The Morgan fingerprint density at radius 3 is 2.71 bits per heavy atom. The fourth-order valence-corrected chi connectivity index (χ4v) is 2.70. The van der Waals surface area contributed by atoms with Gasteiger partial charge in [0.15, 0.2) is 0 Å². The predicted molar refractivity (Wildman–Crippen MR) is 87.5 cm³/mol. The smallest absolute Gasteiger partial charge is 0.275 e. The molecule has 0 amide bonds. The molecule has 2 rings (SSSR count). The van der Waals surface area contributed by atoms with Crippen LogP contribution in [0.1, 0.15) is 24.1 Å². The molecule has 0 bridgehead atoms. The van der Waals surface area contributed by atoms with Crippen molar-refractivity contribution in [2.24, 2.45) is 0 Å². The van der Waals surface area contributed by atoms with Crippen molar-refractivity contribution in [1.29, 1.82) is 0 Å². The topological polar surface area (TPSA) is 55.2 Å². The van der Waals surface area contributed by atoms with Gasteiger partial charge in [-0.3, -0.25) is 10.1 Å². The summed E-state index contributed by atoms with van der Waals surface area (Å²) in [6.07, 6.45) is 0. The molecule has 1 unspecified atom stereocenters. The predicted octanol–water partition coefficient (Wildman–Crippen LogP) is 4.86. The Kier molecular flexibility index (Phi) is 5.33. The molecule has 4 nitrogen and oxygen atoms in total. The van der Waals surface area contributed by atoms with Crippen molar-refractivity contribution in [3.8, 4) is 0 Å². The zero-order chi connectivity index (χ0) is 15.4. The normalized spacial score (nSPS) is 12.1. The van der Waals surface area contributed by atoms with Crippen molar-refractivity contribution < 1.29 is 4.92 Å². The van der Waals surface area contributed by atoms with E-state index in [9.17, 15) is 10.1 Å². The Morgan fingerprint density at radius 1 is 1.33 bits per heavy atom. The minimum Gasteiger partial charge on any atom is -0.306 e. The zero-order valence-corrected chi connectivity index (χ0v) is 13.7. The SMILES string of the molecule is CC(NCc1ccc(Br)cc1[N+](=O)[O-])c1ccccc1Cl. The van der Waals surface area contributed by atoms with E-state index in [1.807, 2.05) is 31.2 Å². The minimum atomic E-state index is -0.373. The molecule has 1 atom stereocenters. The molecule has 0 fully saturated rings. The molecular formula is C15H14BrClN2O2. The Bertz CT molecular complexity index is 664. The van der Waals surface area contributed by atoms with Crippen molar-refractivity contribution in [1.82, 2.24) is 5.32 Å². The summed E-state index contributed by atoms with van der Waals surface area (Å²) < 4.78 is 0.692. The van der Waals surface area contributed by atoms with Gasteiger partial charge in [0.1, 0.15) is 0 Å². The molecule has 110 valence electrons. The molecule has 0 aliphatic rings. The lowest BCUT2D eigenvalue weighted by Gasteiger charge is -2.15. The largest absolute Gasteiger partial charge is 0.306 e. The Balaban J connectivity index is 2.13. The van der Waals surface area contributed by atoms with Gasteiger partial charge in [0, 0.05) is 33.7 Å². The number of hydrogen-bond donors (Lipinski definition) is 1. The number of halogens is 2. The number of hydrogen-bond acceptors (Lipinski definition) is 3. The number of nitrogens with one attached hydrogen (secondary N) is 1. The van der Waals surface area contributed by atoms with Crippen LogP contribution in [0.2, 0.25) is 5.02 Å². The van der Waals surface area contributed by atoms with E-state index >= 15 is 0 Å². The first-order valence-electron chi connectivity index (χ1n) is 6.39. The second-order valence-corrected chi connectivity index (χ2v) is 5.98. The molecule has 0 spiro atoms. The van der Waals surface area contributed by atoms with Crippen LogP contribution in [-0.2, 0) is 6.54 Å². The van der Waals surface area contributed by atoms with E-state index in [0.717, 1.165) is 5.56 Å². The van der Waals surface area contributed by atoms with Crippen LogP contribution in [0.15, 0.2) is 46.9 Å². The molecule has 0 radical (unpaired) electrons. The van der Waals surface area contributed by atoms with Gasteiger partial charge in [0.05, 0.1) is 4.92 Å². The van der Waals surface area contributed by atoms with Crippen molar-refractivity contribution in [3.63, 3.8) is 0 Å². The lowest BCUT2D eigenvalue weighted by Crippen LogP contribution is -2.19. The van der Waals surface area contributed by atoms with Crippen LogP contribution >= 0.6 is 27.5 Å². The van der Waals surface area contributed by atoms with Crippen LogP contribution < -0.4 is 5.32 Å². The van der Waals surface area contributed by atoms with Crippen LogP contribution in [0, 0.1) is 10.1 Å². The van der Waals surface area contributed by atoms with Gasteiger partial charge in [-0.05, 0) is 30.7 Å². The standard InChI is InChI=1S/C15H14BrClN2O2/c1-10(13-4-2-3-5-14(13)17)18-9-11-6-7-12(16)8-15(11)19(20)21/h2-8,10,18H,9H2,1H3. The number of nitro benzene ring substituents is 1.